The molecule has 4 rings (SSSR count). The van der Waals surface area contributed by atoms with Crippen LogP contribution < -0.4 is 4.18 Å². The van der Waals surface area contributed by atoms with Gasteiger partial charge in [-0.25, -0.2) is 0 Å². The molecule has 1 amide bonds. The van der Waals surface area contributed by atoms with Gasteiger partial charge in [-0.1, -0.05) is 37.0 Å². The minimum atomic E-state index is -4.04. The molecule has 166 valence electrons. The summed E-state index contributed by atoms with van der Waals surface area (Å²) in [6, 6.07) is 6.74. The maximum atomic E-state index is 13.7. The summed E-state index contributed by atoms with van der Waals surface area (Å²) in [6.07, 6.45) is 8.99. The third-order valence-electron chi connectivity index (χ3n) is 7.16. The van der Waals surface area contributed by atoms with Gasteiger partial charge in [-0.3, -0.25) is 4.79 Å². The summed E-state index contributed by atoms with van der Waals surface area (Å²) < 4.78 is 33.0. The smallest absolute Gasteiger partial charge is 0.371 e. The fraction of sp³-hybridized carbons (Fsp3) is 0.696. The molecule has 1 saturated carbocycles. The Morgan fingerprint density at radius 3 is 2.43 bits per heavy atom. The van der Waals surface area contributed by atoms with E-state index in [0.717, 1.165) is 37.7 Å². The van der Waals surface area contributed by atoms with Crippen LogP contribution in [0, 0.1) is 12.8 Å². The van der Waals surface area contributed by atoms with E-state index in [1.165, 1.54) is 23.6 Å². The zero-order valence-electron chi connectivity index (χ0n) is 18.1. The Hall–Kier alpha value is -1.60. The number of hydrogen-bond acceptors (Lipinski definition) is 4. The first-order chi connectivity index (χ1) is 14.4. The molecule has 6 nitrogen and oxygen atoms in total. The minimum absolute atomic E-state index is 0.0186. The van der Waals surface area contributed by atoms with Crippen molar-refractivity contribution in [3.63, 3.8) is 0 Å². The topological polar surface area (TPSA) is 66.9 Å². The normalized spacial score (nSPS) is 30.5. The summed E-state index contributed by atoms with van der Waals surface area (Å²) in [7, 11) is -4.04. The number of hydrogen-bond donors (Lipinski definition) is 0. The molecule has 0 bridgehead atoms. The highest BCUT2D eigenvalue weighted by molar-refractivity contribution is 7.84. The molecular weight excluding hydrogens is 400 g/mol. The molecule has 2 saturated heterocycles. The average Bonchev–Trinajstić information content (AvgIpc) is 2.75. The fourth-order valence-electron chi connectivity index (χ4n) is 5.55. The third-order valence-corrected chi connectivity index (χ3v) is 8.57. The third kappa shape index (κ3) is 4.37. The molecule has 2 aliphatic heterocycles. The second kappa shape index (κ2) is 8.87. The Morgan fingerprint density at radius 2 is 1.67 bits per heavy atom. The summed E-state index contributed by atoms with van der Waals surface area (Å²) in [4.78, 5) is 15.8. The number of fused-ring (bicyclic) bond motifs is 1. The molecule has 3 fully saturated rings. The minimum Gasteiger partial charge on any atom is -0.371 e. The van der Waals surface area contributed by atoms with Gasteiger partial charge in [-0.2, -0.15) is 12.7 Å². The van der Waals surface area contributed by atoms with Crippen molar-refractivity contribution in [2.75, 3.05) is 6.54 Å². The summed E-state index contributed by atoms with van der Waals surface area (Å²) in [5.41, 5.74) is 1.03. The van der Waals surface area contributed by atoms with E-state index in [9.17, 15) is 13.2 Å². The monoisotopic (exact) mass is 434 g/mol. The molecule has 7 heteroatoms. The molecule has 0 N–H and O–H groups in total. The lowest BCUT2D eigenvalue weighted by Crippen LogP contribution is -2.61. The van der Waals surface area contributed by atoms with Crippen LogP contribution >= 0.6 is 0 Å². The zero-order chi connectivity index (χ0) is 21.3. The predicted molar refractivity (Wildman–Crippen MR) is 116 cm³/mol. The van der Waals surface area contributed by atoms with Crippen LogP contribution in [-0.2, 0) is 15.1 Å². The van der Waals surface area contributed by atoms with E-state index in [-0.39, 0.29) is 23.7 Å². The first kappa shape index (κ1) is 21.6. The molecule has 30 heavy (non-hydrogen) atoms. The predicted octanol–water partition coefficient (Wildman–Crippen LogP) is 4.04. The molecule has 2 heterocycles. The number of carbonyl (C=O) groups excluding carboxylic acids is 1. The number of nitrogens with zero attached hydrogens (tertiary/aromatic N) is 2. The van der Waals surface area contributed by atoms with Gasteiger partial charge in [-0.05, 0) is 70.4 Å². The first-order valence-electron chi connectivity index (χ1n) is 11.5. The Labute approximate surface area is 180 Å². The number of rotatable bonds is 4. The summed E-state index contributed by atoms with van der Waals surface area (Å²) in [5, 5.41) is 0. The van der Waals surface area contributed by atoms with Crippen molar-refractivity contribution in [1.82, 2.24) is 9.21 Å². The number of amides is 1. The van der Waals surface area contributed by atoms with Crippen LogP contribution in [0.1, 0.15) is 70.3 Å². The maximum absolute atomic E-state index is 13.7. The number of likely N-dealkylation sites (tertiary alicyclic amines) is 1. The summed E-state index contributed by atoms with van der Waals surface area (Å²) >= 11 is 0. The van der Waals surface area contributed by atoms with E-state index in [4.69, 9.17) is 4.18 Å². The molecule has 0 aromatic heterocycles. The van der Waals surface area contributed by atoms with Gasteiger partial charge < -0.3 is 9.08 Å². The van der Waals surface area contributed by atoms with Crippen molar-refractivity contribution in [2.24, 2.45) is 5.92 Å². The van der Waals surface area contributed by atoms with Crippen LogP contribution in [0.5, 0.6) is 5.75 Å². The van der Waals surface area contributed by atoms with Gasteiger partial charge in [0.05, 0.1) is 0 Å². The van der Waals surface area contributed by atoms with E-state index in [1.54, 1.807) is 12.1 Å². The lowest BCUT2D eigenvalue weighted by Gasteiger charge is -2.49. The van der Waals surface area contributed by atoms with Gasteiger partial charge in [0.1, 0.15) is 11.8 Å². The molecule has 4 atom stereocenters. The summed E-state index contributed by atoms with van der Waals surface area (Å²) in [5.74, 6) is 0.835. The Bertz CT molecular complexity index is 854. The Morgan fingerprint density at radius 1 is 0.967 bits per heavy atom. The maximum Gasteiger partial charge on any atom is 0.385 e. The van der Waals surface area contributed by atoms with Crippen LogP contribution in [0.15, 0.2) is 24.3 Å². The van der Waals surface area contributed by atoms with Crippen molar-refractivity contribution in [1.29, 1.82) is 0 Å². The highest BCUT2D eigenvalue weighted by atomic mass is 32.2. The van der Waals surface area contributed by atoms with Crippen molar-refractivity contribution >= 4 is 16.2 Å². The fourth-order valence-corrected chi connectivity index (χ4v) is 6.86. The quantitative estimate of drug-likeness (QED) is 0.717. The van der Waals surface area contributed by atoms with E-state index in [1.807, 2.05) is 19.1 Å². The van der Waals surface area contributed by atoms with Gasteiger partial charge in [0.2, 0.25) is 5.91 Å². The first-order valence-corrected chi connectivity index (χ1v) is 12.8. The van der Waals surface area contributed by atoms with Gasteiger partial charge in [-0.15, -0.1) is 0 Å². The molecule has 0 spiro atoms. The van der Waals surface area contributed by atoms with Crippen LogP contribution in [0.2, 0.25) is 0 Å². The lowest BCUT2D eigenvalue weighted by atomic mass is 9.76. The van der Waals surface area contributed by atoms with Crippen LogP contribution in [0.4, 0.5) is 0 Å². The number of aryl methyl sites for hydroxylation is 1. The highest BCUT2D eigenvalue weighted by Crippen LogP contribution is 2.39. The van der Waals surface area contributed by atoms with E-state index < -0.39 is 16.3 Å². The van der Waals surface area contributed by atoms with Crippen LogP contribution in [0.3, 0.4) is 0 Å². The van der Waals surface area contributed by atoms with Crippen LogP contribution in [-0.4, -0.2) is 48.2 Å². The van der Waals surface area contributed by atoms with E-state index >= 15 is 0 Å². The molecule has 0 radical (unpaired) electrons. The Kier molecular flexibility index (Phi) is 6.39. The van der Waals surface area contributed by atoms with Crippen molar-refractivity contribution < 1.29 is 17.4 Å². The van der Waals surface area contributed by atoms with Gasteiger partial charge in [0.15, 0.2) is 0 Å². The second-order valence-electron chi connectivity index (χ2n) is 9.26. The highest BCUT2D eigenvalue weighted by Gasteiger charge is 2.45. The average molecular weight is 435 g/mol. The second-order valence-corrected chi connectivity index (χ2v) is 10.8. The van der Waals surface area contributed by atoms with Crippen molar-refractivity contribution in [3.8, 4) is 5.75 Å². The molecule has 1 aromatic rings. The van der Waals surface area contributed by atoms with E-state index in [0.29, 0.717) is 18.9 Å². The largest absolute Gasteiger partial charge is 0.385 e. The standard InChI is InChI=1S/C23H34N2O4S/c1-17-10-14-20(15-11-17)29-30(27,28)24-16-6-5-9-22(24)23(26)25-18(2)12-13-19-7-3-4-8-21(19)25/h10-11,14-15,18-19,21-22H,3-9,12-13,16H2,1-2H3. The number of benzene rings is 1. The zero-order valence-corrected chi connectivity index (χ0v) is 18.9. The Balaban J connectivity index is 1.56. The van der Waals surface area contributed by atoms with Crippen molar-refractivity contribution in [2.45, 2.75) is 89.8 Å². The SMILES string of the molecule is Cc1ccc(OS(=O)(=O)N2CCCCC2C(=O)N2C(C)CCC3CCCCC32)cc1. The molecule has 3 aliphatic rings. The lowest BCUT2D eigenvalue weighted by molar-refractivity contribution is -0.146. The number of carbonyl (C=O) groups is 1. The van der Waals surface area contributed by atoms with E-state index in [2.05, 4.69) is 11.8 Å². The van der Waals surface area contributed by atoms with Gasteiger partial charge in [0.25, 0.3) is 0 Å². The number of piperidine rings is 2. The van der Waals surface area contributed by atoms with Crippen LogP contribution in [0.25, 0.3) is 0 Å². The van der Waals surface area contributed by atoms with Crippen molar-refractivity contribution in [3.05, 3.63) is 29.8 Å². The molecule has 1 aliphatic carbocycles. The van der Waals surface area contributed by atoms with Gasteiger partial charge >= 0.3 is 10.3 Å². The molecule has 4 unspecified atom stereocenters. The van der Waals surface area contributed by atoms with Gasteiger partial charge in [0, 0.05) is 18.6 Å². The summed E-state index contributed by atoms with van der Waals surface area (Å²) in [6.45, 7) is 4.39. The molecular formula is C23H34N2O4S. The molecule has 1 aromatic carbocycles.